The van der Waals surface area contributed by atoms with Gasteiger partial charge in [-0.25, -0.2) is 0 Å². The molecule has 0 spiro atoms. The van der Waals surface area contributed by atoms with E-state index in [0.29, 0.717) is 5.21 Å². The Balaban J connectivity index is 2.29. The molecule has 0 aliphatic rings. The first kappa shape index (κ1) is 15.9. The Morgan fingerprint density at radius 1 is 0.652 bits per heavy atom. The van der Waals surface area contributed by atoms with E-state index in [1.54, 1.807) is 0 Å². The topological polar surface area (TPSA) is 23.1 Å². The number of rotatable bonds is 5. The van der Waals surface area contributed by atoms with E-state index < -0.39 is 13.1 Å². The van der Waals surface area contributed by atoms with Gasteiger partial charge in [-0.2, -0.15) is 0 Å². The first-order chi connectivity index (χ1) is 11.3. The summed E-state index contributed by atoms with van der Waals surface area (Å²) in [6.45, 7) is -0.0415. The third kappa shape index (κ3) is 3.52. The van der Waals surface area contributed by atoms with Gasteiger partial charge in [0, 0.05) is 0 Å². The second-order valence-electron chi connectivity index (χ2n) is 5.51. The first-order valence-corrected chi connectivity index (χ1v) is 12.1. The van der Waals surface area contributed by atoms with Gasteiger partial charge < -0.3 is 0 Å². The molecule has 3 aromatic carbocycles. The Hall–Kier alpha value is -1.95. The maximum absolute atomic E-state index is 11.7. The van der Waals surface area contributed by atoms with Crippen LogP contribution in [-0.4, -0.2) is 24.5 Å². The van der Waals surface area contributed by atoms with Crippen molar-refractivity contribution in [3.05, 3.63) is 96.6 Å². The fourth-order valence-corrected chi connectivity index (χ4v) is 10.5. The van der Waals surface area contributed by atoms with Crippen LogP contribution in [0.3, 0.4) is 0 Å². The summed E-state index contributed by atoms with van der Waals surface area (Å²) in [4.78, 5) is 2.40. The van der Waals surface area contributed by atoms with Crippen LogP contribution in [0.25, 0.3) is 0 Å². The second-order valence-corrected chi connectivity index (χ2v) is 12.8. The molecule has 0 saturated heterocycles. The van der Waals surface area contributed by atoms with E-state index in [4.69, 9.17) is 0 Å². The fourth-order valence-electron chi connectivity index (χ4n) is 2.95. The van der Waals surface area contributed by atoms with Crippen LogP contribution in [0.5, 0.6) is 0 Å². The summed E-state index contributed by atoms with van der Waals surface area (Å²) in [6, 6.07) is 31.6. The van der Waals surface area contributed by atoms with Crippen molar-refractivity contribution in [1.82, 2.24) is 0 Å². The van der Waals surface area contributed by atoms with Crippen molar-refractivity contribution < 1.29 is 5.11 Å². The molecule has 0 amide bonds. The van der Waals surface area contributed by atoms with Crippen molar-refractivity contribution in [2.75, 3.05) is 6.61 Å². The van der Waals surface area contributed by atoms with Crippen LogP contribution < -0.4 is 13.8 Å². The normalized spacial score (nSPS) is 11.2. The van der Waals surface area contributed by atoms with E-state index in [1.807, 2.05) is 18.2 Å². The summed E-state index contributed by atoms with van der Waals surface area (Å²) in [5.74, 6) is 0. The number of hydrogen-bond acceptors (Lipinski definition) is 1. The van der Waals surface area contributed by atoms with E-state index in [2.05, 4.69) is 77.6 Å². The van der Waals surface area contributed by atoms with E-state index >= 15 is 0 Å². The third-order valence-electron chi connectivity index (χ3n) is 4.05. The molecular weight excluding hydrogens is 343 g/mol. The minimum absolute atomic E-state index is 0.0415. The fraction of sp³-hybridized carbons (Fsp3) is 0.0952. The van der Waals surface area contributed by atoms with E-state index in [-0.39, 0.29) is 6.61 Å². The number of hydrogen-bond donors (Lipinski definition) is 0. The first-order valence-electron chi connectivity index (χ1n) is 7.83. The number of benzene rings is 3. The summed E-state index contributed by atoms with van der Waals surface area (Å²) >= 11 is -2.66. The van der Waals surface area contributed by atoms with Gasteiger partial charge in [-0.3, -0.25) is 0 Å². The average molecular weight is 363 g/mol. The standard InChI is InChI=1S/C21H20AsO/c23-17-16-22(20-12-6-2-7-13-20,21-14-8-3-9-15-21)18-19-10-4-1-5-11-19/h1-15,18H,16-17H2/q-1. The monoisotopic (exact) mass is 363 g/mol. The van der Waals surface area contributed by atoms with Crippen LogP contribution >= 0.6 is 0 Å². The molecule has 0 N–H and O–H groups in total. The van der Waals surface area contributed by atoms with Crippen LogP contribution in [0, 0.1) is 0 Å². The molecule has 116 valence electrons. The molecule has 0 heterocycles. The van der Waals surface area contributed by atoms with Crippen molar-refractivity contribution >= 4 is 26.6 Å². The zero-order valence-corrected chi connectivity index (χ0v) is 14.9. The average Bonchev–Trinajstić information content (AvgIpc) is 2.64. The minimum atomic E-state index is -2.66. The van der Waals surface area contributed by atoms with Crippen LogP contribution in [0.15, 0.2) is 91.0 Å². The molecule has 0 unspecified atom stereocenters. The molecule has 0 aliphatic heterocycles. The predicted octanol–water partition coefficient (Wildman–Crippen LogP) is 2.04. The Morgan fingerprint density at radius 2 is 1.09 bits per heavy atom. The molecule has 0 bridgehead atoms. The van der Waals surface area contributed by atoms with Crippen molar-refractivity contribution in [3.8, 4) is 0 Å². The zero-order valence-electron chi connectivity index (χ0n) is 13.0. The molecule has 2 heteroatoms. The molecule has 0 aromatic heterocycles. The van der Waals surface area contributed by atoms with Gasteiger partial charge in [0.25, 0.3) is 0 Å². The van der Waals surface area contributed by atoms with Crippen molar-refractivity contribution in [2.45, 2.75) is 5.21 Å². The van der Waals surface area contributed by atoms with Crippen LogP contribution in [0.1, 0.15) is 5.56 Å². The Morgan fingerprint density at radius 3 is 1.52 bits per heavy atom. The molecule has 0 atom stereocenters. The van der Waals surface area contributed by atoms with Gasteiger partial charge in [0.15, 0.2) is 0 Å². The van der Waals surface area contributed by atoms with Crippen LogP contribution in [0.2, 0.25) is 5.21 Å². The summed E-state index contributed by atoms with van der Waals surface area (Å²) in [6.07, 6.45) is 0. The van der Waals surface area contributed by atoms with Crippen molar-refractivity contribution in [1.29, 1.82) is 0 Å². The molecule has 23 heavy (non-hydrogen) atoms. The summed E-state index contributed by atoms with van der Waals surface area (Å²) in [7, 11) is 0. The Labute approximate surface area is 140 Å². The van der Waals surface area contributed by atoms with Crippen LogP contribution in [-0.2, 0) is 0 Å². The van der Waals surface area contributed by atoms with Gasteiger partial charge in [0.2, 0.25) is 0 Å². The van der Waals surface area contributed by atoms with Crippen LogP contribution in [0.4, 0.5) is 0 Å². The molecule has 0 fully saturated rings. The van der Waals surface area contributed by atoms with Gasteiger partial charge >= 0.3 is 140 Å². The molecular formula is C21H20AsO-. The van der Waals surface area contributed by atoms with Crippen molar-refractivity contribution in [3.63, 3.8) is 0 Å². The SMILES string of the molecule is [O-]CC[As](=Cc1ccccc1)(c1ccccc1)c1ccccc1. The van der Waals surface area contributed by atoms with E-state index in [9.17, 15) is 5.11 Å². The molecule has 1 nitrogen and oxygen atoms in total. The molecule has 3 rings (SSSR count). The molecule has 0 saturated carbocycles. The van der Waals surface area contributed by atoms with Crippen molar-refractivity contribution in [2.24, 2.45) is 0 Å². The molecule has 3 aromatic rings. The van der Waals surface area contributed by atoms with Gasteiger partial charge in [-0.05, 0) is 0 Å². The quantitative estimate of drug-likeness (QED) is 0.637. The Kier molecular flexibility index (Phi) is 5.23. The summed E-state index contributed by atoms with van der Waals surface area (Å²) in [5.41, 5.74) is 1.21. The molecule has 0 aliphatic carbocycles. The van der Waals surface area contributed by atoms with Gasteiger partial charge in [0.1, 0.15) is 0 Å². The third-order valence-corrected chi connectivity index (χ3v) is 12.6. The summed E-state index contributed by atoms with van der Waals surface area (Å²) < 4.78 is 2.66. The second kappa shape index (κ2) is 7.55. The van der Waals surface area contributed by atoms with E-state index in [1.165, 1.54) is 14.3 Å². The van der Waals surface area contributed by atoms with E-state index in [0.717, 1.165) is 0 Å². The Bertz CT molecular complexity index is 736. The molecule has 0 radical (unpaired) electrons. The van der Waals surface area contributed by atoms with Gasteiger partial charge in [-0.15, -0.1) is 0 Å². The van der Waals surface area contributed by atoms with Gasteiger partial charge in [0.05, 0.1) is 0 Å². The summed E-state index contributed by atoms with van der Waals surface area (Å²) in [5, 5.41) is 12.4. The predicted molar refractivity (Wildman–Crippen MR) is 99.2 cm³/mol. The zero-order chi connectivity index (χ0) is 16.0. The van der Waals surface area contributed by atoms with Gasteiger partial charge in [-0.1, -0.05) is 0 Å². The maximum atomic E-state index is 11.7.